The van der Waals surface area contributed by atoms with Crippen LogP contribution in [0.3, 0.4) is 0 Å². The van der Waals surface area contributed by atoms with Gasteiger partial charge in [0.1, 0.15) is 30.4 Å². The molecule has 2 N–H and O–H groups in total. The normalized spacial score (nSPS) is 11.9. The minimum atomic E-state index is -5.02. The molecule has 0 amide bonds. The van der Waals surface area contributed by atoms with E-state index in [0.29, 0.717) is 0 Å². The number of carbonyl (C=O) groups excluding carboxylic acids is 2. The van der Waals surface area contributed by atoms with Crippen molar-refractivity contribution >= 4 is 64.7 Å². The van der Waals surface area contributed by atoms with Crippen LogP contribution in [0.2, 0.25) is 0 Å². The molecule has 0 aliphatic heterocycles. The van der Waals surface area contributed by atoms with Gasteiger partial charge in [0.15, 0.2) is 11.6 Å². The Labute approximate surface area is 393 Å². The molecule has 13 nitrogen and oxygen atoms in total. The molecule has 0 fully saturated rings. The van der Waals surface area contributed by atoms with Crippen LogP contribution in [0, 0.1) is 26.0 Å². The minimum Gasteiger partial charge on any atom is -0.746 e. The van der Waals surface area contributed by atoms with Crippen LogP contribution in [-0.2, 0) is 30.4 Å². The standard InChI is InChI=1S/C28H20N2O11S3.5Na/c1-14-3-5-16(11-23(14)43(36,37)38)29-21-9-10-22(30-17-6-4-15(2)24(12-17)44(39,40)41)26-25(21)27(31)19-8-7-18(42(33,34)35)13-20(19)28(26)32;;;;;/h3-10,13,29-30H,1-2H3,(H,33,34,35)(H,36,37,38)(H,39,40,41);;;;;/q-2;5*+1/p-3. The van der Waals surface area contributed by atoms with E-state index in [9.17, 15) is 48.5 Å². The number of carbonyl (C=O) groups is 2. The van der Waals surface area contributed by atoms with Crippen LogP contribution in [0.25, 0.3) is 0 Å². The topological polar surface area (TPSA) is 230 Å². The molecule has 0 atom stereocenters. The van der Waals surface area contributed by atoms with E-state index >= 15 is 0 Å². The molecule has 228 valence electrons. The number of fused-ring (bicyclic) bond motifs is 2. The van der Waals surface area contributed by atoms with E-state index in [0.717, 1.165) is 18.2 Å². The summed E-state index contributed by atoms with van der Waals surface area (Å²) < 4.78 is 105. The summed E-state index contributed by atoms with van der Waals surface area (Å²) in [4.78, 5) is 25.6. The fraction of sp³-hybridized carbons (Fsp3) is 0.0714. The quantitative estimate of drug-likeness (QED) is 0.0892. The molecule has 0 spiro atoms. The van der Waals surface area contributed by atoms with Gasteiger partial charge in [0, 0.05) is 22.5 Å². The van der Waals surface area contributed by atoms with Crippen LogP contribution < -0.4 is 158 Å². The van der Waals surface area contributed by atoms with Gasteiger partial charge in [-0.05, 0) is 30.3 Å². The zero-order valence-electron chi connectivity index (χ0n) is 27.4. The average molecular weight is 769 g/mol. The summed E-state index contributed by atoms with van der Waals surface area (Å²) in [6.07, 6.45) is 0. The maximum absolute atomic E-state index is 13.9. The van der Waals surface area contributed by atoms with Crippen molar-refractivity contribution in [2.75, 3.05) is 10.6 Å². The van der Waals surface area contributed by atoms with E-state index < -0.39 is 62.2 Å². The largest absolute Gasteiger partial charge is 1.00 e. The van der Waals surface area contributed by atoms with Gasteiger partial charge in [-0.1, -0.05) is 35.0 Å². The molecule has 0 bridgehead atoms. The van der Waals surface area contributed by atoms with Crippen molar-refractivity contribution in [3.05, 3.63) is 100 Å². The Morgan fingerprint density at radius 1 is 0.531 bits per heavy atom. The second kappa shape index (κ2) is 18.7. The van der Waals surface area contributed by atoms with Crippen molar-refractivity contribution in [1.82, 2.24) is 0 Å². The maximum Gasteiger partial charge on any atom is 1.00 e. The summed E-state index contributed by atoms with van der Waals surface area (Å²) in [6.45, 7) is 2.76. The second-order valence-electron chi connectivity index (χ2n) is 9.66. The van der Waals surface area contributed by atoms with Gasteiger partial charge in [-0.25, -0.2) is 25.3 Å². The first-order valence-electron chi connectivity index (χ1n) is 12.2. The third kappa shape index (κ3) is 10.8. The van der Waals surface area contributed by atoms with E-state index in [1.807, 2.05) is 0 Å². The molecule has 1 aliphatic carbocycles. The van der Waals surface area contributed by atoms with Crippen LogP contribution in [0.15, 0.2) is 69.3 Å². The zero-order valence-corrected chi connectivity index (χ0v) is 39.9. The number of benzene rings is 4. The first-order chi connectivity index (χ1) is 20.4. The van der Waals surface area contributed by atoms with E-state index in [1.165, 1.54) is 50.2 Å². The van der Waals surface area contributed by atoms with Crippen molar-refractivity contribution < 1.29 is 196 Å². The Morgan fingerprint density at radius 2 is 0.918 bits per heavy atom. The van der Waals surface area contributed by atoms with E-state index in [-0.39, 0.29) is 198 Å². The molecule has 0 heterocycles. The molecule has 4 aromatic carbocycles. The Hall–Kier alpha value is 0.550. The van der Waals surface area contributed by atoms with Crippen molar-refractivity contribution in [3.8, 4) is 0 Å². The monoisotopic (exact) mass is 768 g/mol. The maximum atomic E-state index is 13.9. The molecule has 1 aliphatic rings. The molecule has 21 heteroatoms. The smallest absolute Gasteiger partial charge is 0.746 e. The van der Waals surface area contributed by atoms with Crippen LogP contribution in [0.5, 0.6) is 0 Å². The Balaban J connectivity index is 0.00000461. The van der Waals surface area contributed by atoms with Crippen molar-refractivity contribution in [2.24, 2.45) is 0 Å². The predicted molar refractivity (Wildman–Crippen MR) is 150 cm³/mol. The fourth-order valence-corrected chi connectivity index (χ4v) is 6.56. The number of rotatable bonds is 7. The number of nitrogens with one attached hydrogen (secondary N) is 2. The molecule has 49 heavy (non-hydrogen) atoms. The molecule has 0 radical (unpaired) electrons. The Morgan fingerprint density at radius 3 is 1.29 bits per heavy atom. The number of aryl methyl sites for hydroxylation is 2. The van der Waals surface area contributed by atoms with Gasteiger partial charge in [-0.2, -0.15) is 12.1 Å². The minimum absolute atomic E-state index is 0. The summed E-state index contributed by atoms with van der Waals surface area (Å²) in [6, 6.07) is 15.5. The summed E-state index contributed by atoms with van der Waals surface area (Å²) in [7, 11) is -14.9. The molecule has 0 saturated carbocycles. The summed E-state index contributed by atoms with van der Waals surface area (Å²) in [5.41, 5.74) is -1.29. The Kier molecular flexibility index (Phi) is 18.9. The number of hydrogen-bond donors (Lipinski definition) is 2. The Bertz CT molecular complexity index is 2290. The first kappa shape index (κ1) is 49.6. The average Bonchev–Trinajstić information content (AvgIpc) is 2.92. The van der Waals surface area contributed by atoms with Crippen molar-refractivity contribution in [2.45, 2.75) is 28.5 Å². The fourth-order valence-electron chi connectivity index (χ4n) is 4.67. The number of hydrogen-bond acceptors (Lipinski definition) is 13. The van der Waals surface area contributed by atoms with Gasteiger partial charge in [0.2, 0.25) is 0 Å². The van der Waals surface area contributed by atoms with Crippen LogP contribution >= 0.6 is 0 Å². The molecule has 4 aromatic rings. The van der Waals surface area contributed by atoms with Gasteiger partial charge in [-0.3, -0.25) is 9.59 Å². The third-order valence-corrected chi connectivity index (χ3v) is 9.36. The van der Waals surface area contributed by atoms with Crippen molar-refractivity contribution in [3.63, 3.8) is 0 Å². The summed E-state index contributed by atoms with van der Waals surface area (Å²) in [5, 5.41) is 5.54. The molecular weight excluding hydrogens is 751 g/mol. The molecule has 5 rings (SSSR count). The van der Waals surface area contributed by atoms with Crippen LogP contribution in [0.1, 0.15) is 43.0 Å². The van der Waals surface area contributed by atoms with Gasteiger partial charge in [-0.15, -0.1) is 35.4 Å². The summed E-state index contributed by atoms with van der Waals surface area (Å²) >= 11 is 0. The predicted octanol–water partition coefficient (Wildman–Crippen LogP) is -12.1. The van der Waals surface area contributed by atoms with Crippen molar-refractivity contribution in [1.29, 1.82) is 0 Å². The third-order valence-electron chi connectivity index (χ3n) is 6.68. The molecular formula is C28H17N2Na5O11S3. The SMILES string of the molecule is Cc1ccc(Nc2ccc(Nc3[c-]c(S(=O)(=O)[O-])c(C)cc3)c3c2C(=O)c2ccc(S(=O)(=O)[O-])cc2C3=O)[c-]c1S(=O)(=O)[O-].[Na+].[Na+].[Na+].[Na+].[Na+]. The second-order valence-corrected chi connectivity index (χ2v) is 13.7. The number of anilines is 4. The van der Waals surface area contributed by atoms with E-state index in [1.54, 1.807) is 0 Å². The van der Waals surface area contributed by atoms with E-state index in [4.69, 9.17) is 0 Å². The van der Waals surface area contributed by atoms with E-state index in [2.05, 4.69) is 22.8 Å². The molecule has 0 saturated heterocycles. The zero-order chi connectivity index (χ0) is 32.4. The van der Waals surface area contributed by atoms with Crippen LogP contribution in [-0.4, -0.2) is 50.5 Å². The first-order valence-corrected chi connectivity index (χ1v) is 16.5. The van der Waals surface area contributed by atoms with Crippen LogP contribution in [0.4, 0.5) is 22.7 Å². The van der Waals surface area contributed by atoms with Gasteiger partial charge in [0.25, 0.3) is 0 Å². The molecule has 0 unspecified atom stereocenters. The van der Waals surface area contributed by atoms with Gasteiger partial charge in [0.05, 0.1) is 16.0 Å². The van der Waals surface area contributed by atoms with Gasteiger partial charge >= 0.3 is 148 Å². The molecule has 0 aromatic heterocycles. The summed E-state index contributed by atoms with van der Waals surface area (Å²) in [5.74, 6) is -1.69. The van der Waals surface area contributed by atoms with Gasteiger partial charge < -0.3 is 24.3 Å². The number of ketones is 2.